The lowest BCUT2D eigenvalue weighted by Crippen LogP contribution is -2.51. The van der Waals surface area contributed by atoms with Crippen LogP contribution in [-0.2, 0) is 96.3 Å². The van der Waals surface area contributed by atoms with Crippen LogP contribution in [-0.4, -0.2) is 47.8 Å². The maximum atomic E-state index is 16.1. The highest BCUT2D eigenvalue weighted by Crippen LogP contribution is 2.64. The maximum Gasteiger partial charge on any atom is 0.333 e. The molecule has 18 heteroatoms. The monoisotopic (exact) mass is 1150 g/mol. The number of hydrogen-bond acceptors (Lipinski definition) is 14. The summed E-state index contributed by atoms with van der Waals surface area (Å²) in [6.07, 6.45) is 3.64. The molecule has 0 spiro atoms. The van der Waals surface area contributed by atoms with Gasteiger partial charge < -0.3 is 23.7 Å². The highest BCUT2D eigenvalue weighted by atomic mass is 32.1. The van der Waals surface area contributed by atoms with E-state index >= 15 is 36.7 Å². The SMILES string of the molecule is O=C1COCc2c(F)cc(F)cc2/C1=C/c1cc2c(s1)-c1sc3c(c1C2(C(=O)OCc1ccccc1)C(=O)OCc1ccccc1)C(C(=O)OCc1ccccc1)(C(=O)OCc1ccccc1)C(/C=C1\C(=O)C(=O)c2c(F)cc(F)cc21)=C3. The van der Waals surface area contributed by atoms with E-state index in [4.69, 9.17) is 23.7 Å². The summed E-state index contributed by atoms with van der Waals surface area (Å²) in [5, 5.41) is 0. The van der Waals surface area contributed by atoms with Gasteiger partial charge >= 0.3 is 23.9 Å². The van der Waals surface area contributed by atoms with Crippen molar-refractivity contribution in [2.45, 2.75) is 43.9 Å². The molecule has 0 bridgehead atoms. The van der Waals surface area contributed by atoms with Gasteiger partial charge in [0.25, 0.3) is 0 Å². The van der Waals surface area contributed by atoms with E-state index in [1.165, 1.54) is 18.2 Å². The van der Waals surface area contributed by atoms with Crippen LogP contribution >= 0.6 is 22.7 Å². The molecule has 8 aromatic rings. The normalized spacial score (nSPS) is 16.1. The van der Waals surface area contributed by atoms with Gasteiger partial charge in [0.15, 0.2) is 5.78 Å². The van der Waals surface area contributed by atoms with Crippen LogP contribution in [0.2, 0.25) is 0 Å². The number of allylic oxidation sites excluding steroid dienone is 2. The molecule has 0 N–H and O–H groups in total. The van der Waals surface area contributed by atoms with Crippen LogP contribution < -0.4 is 0 Å². The number of esters is 4. The molecule has 0 saturated carbocycles. The van der Waals surface area contributed by atoms with Crippen LogP contribution in [0.15, 0.2) is 163 Å². The van der Waals surface area contributed by atoms with Crippen LogP contribution in [0.4, 0.5) is 17.6 Å². The predicted molar refractivity (Wildman–Crippen MR) is 296 cm³/mol. The number of ether oxygens (including phenoxy) is 5. The molecule has 0 fully saturated rings. The van der Waals surface area contributed by atoms with Crippen molar-refractivity contribution in [2.75, 3.05) is 6.61 Å². The van der Waals surface area contributed by atoms with Crippen molar-refractivity contribution in [1.82, 2.24) is 0 Å². The van der Waals surface area contributed by atoms with Gasteiger partial charge in [-0.1, -0.05) is 121 Å². The van der Waals surface area contributed by atoms with Gasteiger partial charge in [-0.25, -0.2) is 17.6 Å². The summed E-state index contributed by atoms with van der Waals surface area (Å²) in [6, 6.07) is 37.9. The Morgan fingerprint density at radius 2 is 0.988 bits per heavy atom. The van der Waals surface area contributed by atoms with E-state index in [2.05, 4.69) is 0 Å². The number of carbonyl (C=O) groups excluding carboxylic acids is 7. The van der Waals surface area contributed by atoms with E-state index in [9.17, 15) is 14.4 Å². The number of benzene rings is 6. The lowest BCUT2D eigenvalue weighted by molar-refractivity contribution is -0.167. The average Bonchev–Trinajstić information content (AvgIpc) is 1.58. The first-order valence-corrected chi connectivity index (χ1v) is 27.3. The summed E-state index contributed by atoms with van der Waals surface area (Å²) >= 11 is 1.84. The maximum absolute atomic E-state index is 16.1. The van der Waals surface area contributed by atoms with Gasteiger partial charge in [-0.3, -0.25) is 33.6 Å². The molecule has 1 aliphatic heterocycles. The molecule has 4 aliphatic rings. The Labute approximate surface area is 477 Å². The van der Waals surface area contributed by atoms with Crippen LogP contribution in [0, 0.1) is 23.3 Å². The first-order chi connectivity index (χ1) is 40.2. The molecule has 412 valence electrons. The molecule has 6 aromatic carbocycles. The molecule has 0 radical (unpaired) electrons. The number of carbonyl (C=O) groups is 7. The number of rotatable bonds is 14. The van der Waals surface area contributed by atoms with Gasteiger partial charge in [0.05, 0.1) is 21.9 Å². The standard InChI is InChI=1S/C65H40F4O12S2/c66-40-23-43-44(51(70)34-77-33-47(43)49(68)25-40)27-42-28-48-58(82-42)59-55(65(48,62(75)80-31-37-17-9-3-10-18-37)63(76)81-32-38-19-11-4-12-20-38)54-52(83-59)22-39(21-46-45-24-41(67)26-50(69)53(45)57(72)56(46)71)64(54,60(73)78-29-35-13-5-1-6-14-35)61(74)79-30-36-15-7-2-8-16-36/h1-28H,29-34H2/b44-27-,46-21-. The molecular weight excluding hydrogens is 1110 g/mol. The first-order valence-electron chi connectivity index (χ1n) is 25.7. The fraction of sp³-hybridized carbons (Fsp3) is 0.123. The van der Waals surface area contributed by atoms with E-state index in [-0.39, 0.29) is 59.5 Å². The second-order valence-corrected chi connectivity index (χ2v) is 21.8. The minimum absolute atomic E-state index is 0.0172. The predicted octanol–water partition coefficient (Wildman–Crippen LogP) is 11.7. The summed E-state index contributed by atoms with van der Waals surface area (Å²) in [7, 11) is 0. The number of halogens is 4. The van der Waals surface area contributed by atoms with Gasteiger partial charge in [0, 0.05) is 60.9 Å². The molecule has 0 unspecified atom stereocenters. The molecule has 12 rings (SSSR count). The third-order valence-corrected chi connectivity index (χ3v) is 17.1. The quantitative estimate of drug-likeness (QED) is 0.0253. The van der Waals surface area contributed by atoms with Crippen molar-refractivity contribution in [3.8, 4) is 9.75 Å². The number of thiophene rings is 2. The van der Waals surface area contributed by atoms with Crippen molar-refractivity contribution in [1.29, 1.82) is 0 Å². The van der Waals surface area contributed by atoms with Crippen LogP contribution in [0.25, 0.3) is 33.1 Å². The lowest BCUT2D eigenvalue weighted by Gasteiger charge is -2.33. The minimum Gasteiger partial charge on any atom is -0.459 e. The molecule has 3 aliphatic carbocycles. The summed E-state index contributed by atoms with van der Waals surface area (Å²) in [4.78, 5) is 106. The fourth-order valence-electron chi connectivity index (χ4n) is 10.8. The van der Waals surface area contributed by atoms with Crippen molar-refractivity contribution >= 4 is 87.2 Å². The highest BCUT2D eigenvalue weighted by molar-refractivity contribution is 7.24. The van der Waals surface area contributed by atoms with Gasteiger partial charge in [0.1, 0.15) is 56.3 Å². The summed E-state index contributed by atoms with van der Waals surface area (Å²) in [5.74, 6) is -13.0. The fourth-order valence-corrected chi connectivity index (χ4v) is 13.5. The summed E-state index contributed by atoms with van der Waals surface area (Å²) in [6.45, 7) is -2.71. The zero-order valence-electron chi connectivity index (χ0n) is 43.1. The summed E-state index contributed by atoms with van der Waals surface area (Å²) in [5.41, 5.74) is -7.30. The topological polar surface area (TPSA) is 166 Å². The Bertz CT molecular complexity index is 4040. The van der Waals surface area contributed by atoms with E-state index in [1.54, 1.807) is 121 Å². The number of Topliss-reactive ketones (excluding diaryl/α,β-unsaturated/α-hetero) is 3. The molecular formula is C65H40F4O12S2. The average molecular weight is 1150 g/mol. The van der Waals surface area contributed by atoms with E-state index in [0.29, 0.717) is 34.4 Å². The van der Waals surface area contributed by atoms with E-state index in [1.807, 2.05) is 0 Å². The molecule has 0 saturated heterocycles. The Balaban J connectivity index is 1.14. The van der Waals surface area contributed by atoms with Crippen LogP contribution in [0.1, 0.15) is 75.7 Å². The molecule has 0 atom stereocenters. The Morgan fingerprint density at radius 1 is 0.506 bits per heavy atom. The number of ketones is 3. The van der Waals surface area contributed by atoms with E-state index in [0.717, 1.165) is 40.9 Å². The first kappa shape index (κ1) is 54.1. The molecule has 3 heterocycles. The van der Waals surface area contributed by atoms with Crippen LogP contribution in [0.5, 0.6) is 0 Å². The molecule has 83 heavy (non-hydrogen) atoms. The van der Waals surface area contributed by atoms with Crippen molar-refractivity contribution in [3.63, 3.8) is 0 Å². The highest BCUT2D eigenvalue weighted by Gasteiger charge is 2.68. The van der Waals surface area contributed by atoms with Gasteiger partial charge in [-0.05, 0) is 69.8 Å². The van der Waals surface area contributed by atoms with Crippen molar-refractivity contribution in [2.24, 2.45) is 0 Å². The molecule has 2 aromatic heterocycles. The van der Waals surface area contributed by atoms with Crippen molar-refractivity contribution < 1.29 is 74.8 Å². The number of hydrogen-bond donors (Lipinski definition) is 0. The minimum atomic E-state index is -2.97. The van der Waals surface area contributed by atoms with Crippen LogP contribution in [0.3, 0.4) is 0 Å². The zero-order valence-corrected chi connectivity index (χ0v) is 44.8. The number of fused-ring (bicyclic) bond motifs is 7. The molecule has 0 amide bonds. The molecule has 12 nitrogen and oxygen atoms in total. The third-order valence-electron chi connectivity index (χ3n) is 14.7. The lowest BCUT2D eigenvalue weighted by atomic mass is 9.69. The zero-order chi connectivity index (χ0) is 57.7. The van der Waals surface area contributed by atoms with Crippen molar-refractivity contribution in [3.05, 3.63) is 258 Å². The summed E-state index contributed by atoms with van der Waals surface area (Å²) < 4.78 is 91.4. The van der Waals surface area contributed by atoms with Gasteiger partial charge in [-0.2, -0.15) is 0 Å². The largest absolute Gasteiger partial charge is 0.459 e. The van der Waals surface area contributed by atoms with Gasteiger partial charge in [-0.15, -0.1) is 22.7 Å². The van der Waals surface area contributed by atoms with E-state index < -0.39 is 131 Å². The second kappa shape index (κ2) is 21.8. The Kier molecular flexibility index (Phi) is 14.2. The Hall–Kier alpha value is -9.49. The van der Waals surface area contributed by atoms with Gasteiger partial charge in [0.2, 0.25) is 22.4 Å². The Morgan fingerprint density at radius 3 is 1.51 bits per heavy atom. The third kappa shape index (κ3) is 9.34. The smallest absolute Gasteiger partial charge is 0.333 e. The second-order valence-electron chi connectivity index (χ2n) is 19.7.